The smallest absolute Gasteiger partial charge is 0.155 e. The van der Waals surface area contributed by atoms with Crippen LogP contribution in [0.2, 0.25) is 0 Å². The van der Waals surface area contributed by atoms with E-state index in [9.17, 15) is 0 Å². The van der Waals surface area contributed by atoms with E-state index in [0.717, 1.165) is 25.3 Å². The van der Waals surface area contributed by atoms with Crippen LogP contribution in [0.15, 0.2) is 42.5 Å². The number of ether oxygens (including phenoxy) is 3. The van der Waals surface area contributed by atoms with E-state index in [4.69, 9.17) is 14.2 Å². The Morgan fingerprint density at radius 2 is 2.14 bits per heavy atom. The van der Waals surface area contributed by atoms with Gasteiger partial charge in [0, 0.05) is 13.1 Å². The lowest BCUT2D eigenvalue weighted by Crippen LogP contribution is -2.29. The summed E-state index contributed by atoms with van der Waals surface area (Å²) in [5.41, 5.74) is 2.20. The summed E-state index contributed by atoms with van der Waals surface area (Å²) in [6, 6.07) is 10.3. The van der Waals surface area contributed by atoms with Crippen molar-refractivity contribution < 1.29 is 14.2 Å². The van der Waals surface area contributed by atoms with Crippen molar-refractivity contribution in [2.24, 2.45) is 0 Å². The maximum absolute atomic E-state index is 5.82. The van der Waals surface area contributed by atoms with Gasteiger partial charge in [-0.2, -0.15) is 0 Å². The number of hydrogen-bond acceptors (Lipinski definition) is 4. The highest BCUT2D eigenvalue weighted by atomic mass is 16.7. The van der Waals surface area contributed by atoms with Crippen LogP contribution >= 0.6 is 0 Å². The minimum Gasteiger partial charge on any atom is -0.358 e. The highest BCUT2D eigenvalue weighted by molar-refractivity contribution is 5.17. The fraction of sp³-hybridized carbons (Fsp3) is 0.529. The maximum atomic E-state index is 5.82. The van der Waals surface area contributed by atoms with Crippen LogP contribution in [0.1, 0.15) is 25.6 Å². The van der Waals surface area contributed by atoms with Crippen molar-refractivity contribution in [2.75, 3.05) is 32.9 Å². The molecular weight excluding hydrogens is 266 g/mol. The quantitative estimate of drug-likeness (QED) is 0.544. The molecule has 116 valence electrons. The van der Waals surface area contributed by atoms with Gasteiger partial charge in [0.2, 0.25) is 0 Å². The molecule has 0 saturated carbocycles. The first kappa shape index (κ1) is 16.2. The number of hydrogen-bond donors (Lipinski definition) is 0. The molecule has 1 aliphatic rings. The molecule has 0 spiro atoms. The van der Waals surface area contributed by atoms with Crippen molar-refractivity contribution in [3.63, 3.8) is 0 Å². The maximum Gasteiger partial charge on any atom is 0.155 e. The molecular formula is C17H25NO3. The van der Waals surface area contributed by atoms with Crippen LogP contribution in [0.3, 0.4) is 0 Å². The Bertz CT molecular complexity index is 435. The van der Waals surface area contributed by atoms with Gasteiger partial charge in [-0.05, 0) is 19.4 Å². The summed E-state index contributed by atoms with van der Waals surface area (Å²) in [6.07, 6.45) is -0.165. The van der Waals surface area contributed by atoms with E-state index in [1.54, 1.807) is 0 Å². The fourth-order valence-electron chi connectivity index (χ4n) is 2.30. The molecule has 0 aliphatic carbocycles. The molecule has 4 heteroatoms. The van der Waals surface area contributed by atoms with Crippen molar-refractivity contribution >= 4 is 0 Å². The third kappa shape index (κ3) is 5.25. The van der Waals surface area contributed by atoms with Gasteiger partial charge in [-0.3, -0.25) is 4.90 Å². The van der Waals surface area contributed by atoms with Crippen LogP contribution in [0, 0.1) is 0 Å². The Morgan fingerprint density at radius 1 is 1.38 bits per heavy atom. The van der Waals surface area contributed by atoms with Gasteiger partial charge >= 0.3 is 0 Å². The minimum atomic E-state index is -0.208. The zero-order valence-electron chi connectivity index (χ0n) is 13.0. The van der Waals surface area contributed by atoms with Crippen LogP contribution in [-0.2, 0) is 14.2 Å². The molecule has 2 rings (SSSR count). The second kappa shape index (κ2) is 8.29. The Balaban J connectivity index is 1.74. The molecule has 2 unspecified atom stereocenters. The first-order valence-electron chi connectivity index (χ1n) is 7.45. The zero-order chi connectivity index (χ0) is 15.1. The Hall–Kier alpha value is -1.20. The standard InChI is InChI=1S/C17H25NO3/c1-14(2)13-21-15(3)19-11-9-18-10-12-20-17(18)16-7-5-4-6-8-16/h4-8,15,17H,1,9-13H2,2-3H3. The SMILES string of the molecule is C=C(C)COC(C)OCCN1CCOC1c1ccccc1. The topological polar surface area (TPSA) is 30.9 Å². The van der Waals surface area contributed by atoms with E-state index in [-0.39, 0.29) is 12.5 Å². The summed E-state index contributed by atoms with van der Waals surface area (Å²) in [6.45, 7) is 11.4. The summed E-state index contributed by atoms with van der Waals surface area (Å²) in [4.78, 5) is 2.29. The second-order valence-corrected chi connectivity index (χ2v) is 5.38. The summed E-state index contributed by atoms with van der Waals surface area (Å²) in [7, 11) is 0. The third-order valence-electron chi connectivity index (χ3n) is 3.37. The van der Waals surface area contributed by atoms with E-state index < -0.39 is 0 Å². The summed E-state index contributed by atoms with van der Waals surface area (Å²) in [5, 5.41) is 0. The van der Waals surface area contributed by atoms with Crippen LogP contribution in [-0.4, -0.2) is 44.1 Å². The summed E-state index contributed by atoms with van der Waals surface area (Å²) in [5.74, 6) is 0. The van der Waals surface area contributed by atoms with E-state index in [0.29, 0.717) is 13.2 Å². The molecule has 0 N–H and O–H groups in total. The molecule has 1 aromatic rings. The molecule has 0 bridgehead atoms. The number of benzene rings is 1. The molecule has 0 aromatic heterocycles. The van der Waals surface area contributed by atoms with Gasteiger partial charge < -0.3 is 14.2 Å². The van der Waals surface area contributed by atoms with Crippen molar-refractivity contribution in [2.45, 2.75) is 26.4 Å². The number of rotatable bonds is 8. The first-order chi connectivity index (χ1) is 10.2. The Labute approximate surface area is 127 Å². The molecule has 21 heavy (non-hydrogen) atoms. The van der Waals surface area contributed by atoms with Crippen LogP contribution < -0.4 is 0 Å². The lowest BCUT2D eigenvalue weighted by Gasteiger charge is -2.24. The van der Waals surface area contributed by atoms with Gasteiger partial charge in [-0.1, -0.05) is 42.5 Å². The van der Waals surface area contributed by atoms with Crippen molar-refractivity contribution in [1.82, 2.24) is 4.90 Å². The van der Waals surface area contributed by atoms with Crippen molar-refractivity contribution in [3.05, 3.63) is 48.0 Å². The lowest BCUT2D eigenvalue weighted by molar-refractivity contribution is -0.129. The van der Waals surface area contributed by atoms with E-state index in [1.165, 1.54) is 5.56 Å². The normalized spacial score (nSPS) is 20.6. The predicted octanol–water partition coefficient (Wildman–Crippen LogP) is 2.97. The summed E-state index contributed by atoms with van der Waals surface area (Å²) >= 11 is 0. The van der Waals surface area contributed by atoms with Gasteiger partial charge in [0.15, 0.2) is 6.29 Å². The largest absolute Gasteiger partial charge is 0.358 e. The molecule has 1 saturated heterocycles. The Kier molecular flexibility index (Phi) is 6.39. The van der Waals surface area contributed by atoms with Gasteiger partial charge in [0.05, 0.1) is 19.8 Å². The van der Waals surface area contributed by atoms with Gasteiger partial charge in [0.25, 0.3) is 0 Å². The highest BCUT2D eigenvalue weighted by Gasteiger charge is 2.26. The monoisotopic (exact) mass is 291 g/mol. The molecule has 1 fully saturated rings. The fourth-order valence-corrected chi connectivity index (χ4v) is 2.30. The molecule has 1 aliphatic heterocycles. The minimum absolute atomic E-state index is 0.0430. The summed E-state index contributed by atoms with van der Waals surface area (Å²) < 4.78 is 17.0. The van der Waals surface area contributed by atoms with Gasteiger partial charge in [0.1, 0.15) is 6.23 Å². The molecule has 1 aromatic carbocycles. The lowest BCUT2D eigenvalue weighted by atomic mass is 10.2. The van der Waals surface area contributed by atoms with Crippen LogP contribution in [0.25, 0.3) is 0 Å². The average molecular weight is 291 g/mol. The second-order valence-electron chi connectivity index (χ2n) is 5.38. The van der Waals surface area contributed by atoms with Crippen LogP contribution in [0.5, 0.6) is 0 Å². The third-order valence-corrected chi connectivity index (χ3v) is 3.37. The number of nitrogens with zero attached hydrogens (tertiary/aromatic N) is 1. The molecule has 4 nitrogen and oxygen atoms in total. The van der Waals surface area contributed by atoms with E-state index in [1.807, 2.05) is 32.0 Å². The molecule has 0 radical (unpaired) electrons. The van der Waals surface area contributed by atoms with Gasteiger partial charge in [-0.15, -0.1) is 0 Å². The Morgan fingerprint density at radius 3 is 2.86 bits per heavy atom. The molecule has 0 amide bonds. The molecule has 2 atom stereocenters. The average Bonchev–Trinajstić information content (AvgIpc) is 2.94. The van der Waals surface area contributed by atoms with E-state index >= 15 is 0 Å². The van der Waals surface area contributed by atoms with Crippen molar-refractivity contribution in [3.8, 4) is 0 Å². The predicted molar refractivity (Wildman–Crippen MR) is 82.9 cm³/mol. The van der Waals surface area contributed by atoms with Crippen LogP contribution in [0.4, 0.5) is 0 Å². The van der Waals surface area contributed by atoms with Gasteiger partial charge in [-0.25, -0.2) is 0 Å². The zero-order valence-corrected chi connectivity index (χ0v) is 13.0. The molecule has 1 heterocycles. The van der Waals surface area contributed by atoms with E-state index in [2.05, 4.69) is 23.6 Å². The first-order valence-corrected chi connectivity index (χ1v) is 7.45. The van der Waals surface area contributed by atoms with Crippen molar-refractivity contribution in [1.29, 1.82) is 0 Å². The highest BCUT2D eigenvalue weighted by Crippen LogP contribution is 2.26.